The van der Waals surface area contributed by atoms with Gasteiger partial charge in [0.1, 0.15) is 0 Å². The number of piperidine rings is 1. The van der Waals surface area contributed by atoms with Gasteiger partial charge in [0.15, 0.2) is 5.60 Å². The lowest BCUT2D eigenvalue weighted by molar-refractivity contribution is 0.101. The lowest BCUT2D eigenvalue weighted by atomic mass is 9.78. The molecule has 0 N–H and O–H groups in total. The van der Waals surface area contributed by atoms with Crippen LogP contribution in [0.25, 0.3) is 0 Å². The Labute approximate surface area is 185 Å². The van der Waals surface area contributed by atoms with Crippen molar-refractivity contribution in [2.75, 3.05) is 13.1 Å². The molecule has 1 atom stereocenters. The summed E-state index contributed by atoms with van der Waals surface area (Å²) in [5.41, 5.74) is 3.67. The minimum Gasteiger partial charge on any atom is -0.458 e. The third-order valence-corrected chi connectivity index (χ3v) is 6.64. The number of likely N-dealkylation sites (tertiary alicyclic amines) is 1. The molecular formula is C28H30N2O. The summed E-state index contributed by atoms with van der Waals surface area (Å²) < 4.78 is 7.09. The van der Waals surface area contributed by atoms with Gasteiger partial charge in [-0.15, -0.1) is 0 Å². The fourth-order valence-corrected chi connectivity index (χ4v) is 5.13. The van der Waals surface area contributed by atoms with Crippen LogP contribution in [0.1, 0.15) is 49.3 Å². The van der Waals surface area contributed by atoms with Crippen LogP contribution in [0.5, 0.6) is 0 Å². The number of ether oxygens (including phenoxy) is 1. The Morgan fingerprint density at radius 2 is 1.39 bits per heavy atom. The first-order valence-electron chi connectivity index (χ1n) is 11.5. The molecule has 3 aromatic rings. The number of aliphatic imine (C=N–C) groups is 1. The van der Waals surface area contributed by atoms with E-state index >= 15 is 0 Å². The average molecular weight is 411 g/mol. The summed E-state index contributed by atoms with van der Waals surface area (Å²) in [6.07, 6.45) is 4.81. The van der Waals surface area contributed by atoms with E-state index in [0.29, 0.717) is 0 Å². The fourth-order valence-electron chi connectivity index (χ4n) is 5.13. The molecule has 31 heavy (non-hydrogen) atoms. The third-order valence-electron chi connectivity index (χ3n) is 6.64. The van der Waals surface area contributed by atoms with E-state index in [1.54, 1.807) is 0 Å². The van der Waals surface area contributed by atoms with Crippen LogP contribution in [0.15, 0.2) is 89.9 Å². The number of hydrogen-bond acceptors (Lipinski definition) is 3. The molecule has 0 radical (unpaired) electrons. The molecule has 3 aromatic carbocycles. The van der Waals surface area contributed by atoms with Crippen molar-refractivity contribution in [3.8, 4) is 0 Å². The molecule has 0 saturated carbocycles. The second-order valence-electron chi connectivity index (χ2n) is 8.50. The van der Waals surface area contributed by atoms with Gasteiger partial charge in [-0.25, -0.2) is 4.99 Å². The van der Waals surface area contributed by atoms with Crippen molar-refractivity contribution in [3.63, 3.8) is 0 Å². The van der Waals surface area contributed by atoms with E-state index in [-0.39, 0.29) is 6.04 Å². The SMILES string of the molecule is CCC(C1=Nc2ccccc2C(c2ccccc2)(c2ccccc2)O1)N1CCCCC1. The lowest BCUT2D eigenvalue weighted by Crippen LogP contribution is -2.49. The van der Waals surface area contributed by atoms with Crippen LogP contribution >= 0.6 is 0 Å². The van der Waals surface area contributed by atoms with Gasteiger partial charge in [-0.2, -0.15) is 0 Å². The number of benzene rings is 3. The summed E-state index contributed by atoms with van der Waals surface area (Å²) in [4.78, 5) is 7.66. The Hall–Kier alpha value is -2.91. The van der Waals surface area contributed by atoms with Gasteiger partial charge >= 0.3 is 0 Å². The van der Waals surface area contributed by atoms with E-state index in [1.165, 1.54) is 19.3 Å². The van der Waals surface area contributed by atoms with Gasteiger partial charge in [0.2, 0.25) is 5.90 Å². The van der Waals surface area contributed by atoms with Crippen LogP contribution in [0.3, 0.4) is 0 Å². The summed E-state index contributed by atoms with van der Waals surface area (Å²) in [5.74, 6) is 0.843. The number of rotatable bonds is 5. The molecule has 0 bridgehead atoms. The minimum absolute atomic E-state index is 0.195. The van der Waals surface area contributed by atoms with Gasteiger partial charge in [-0.05, 0) is 38.4 Å². The number of hydrogen-bond donors (Lipinski definition) is 0. The zero-order valence-corrected chi connectivity index (χ0v) is 18.2. The van der Waals surface area contributed by atoms with Crippen LogP contribution in [0.2, 0.25) is 0 Å². The van der Waals surface area contributed by atoms with Crippen LogP contribution in [0, 0.1) is 0 Å². The number of fused-ring (bicyclic) bond motifs is 1. The largest absolute Gasteiger partial charge is 0.458 e. The minimum atomic E-state index is -0.709. The molecule has 2 heterocycles. The molecule has 2 aliphatic rings. The summed E-state index contributed by atoms with van der Waals surface area (Å²) >= 11 is 0. The smallest absolute Gasteiger partial charge is 0.208 e. The summed E-state index contributed by atoms with van der Waals surface area (Å²) in [5, 5.41) is 0. The summed E-state index contributed by atoms with van der Waals surface area (Å²) in [7, 11) is 0. The van der Waals surface area contributed by atoms with Gasteiger partial charge < -0.3 is 4.74 Å². The second kappa shape index (κ2) is 8.68. The molecule has 5 rings (SSSR count). The molecule has 1 saturated heterocycles. The molecule has 1 fully saturated rings. The van der Waals surface area contributed by atoms with Crippen molar-refractivity contribution in [2.24, 2.45) is 4.99 Å². The van der Waals surface area contributed by atoms with Gasteiger partial charge in [0.25, 0.3) is 0 Å². The first-order chi connectivity index (χ1) is 15.3. The molecule has 1 unspecified atom stereocenters. The first-order valence-corrected chi connectivity index (χ1v) is 11.5. The molecule has 3 heteroatoms. The number of para-hydroxylation sites is 1. The zero-order chi connectivity index (χ0) is 21.1. The van der Waals surface area contributed by atoms with Crippen molar-refractivity contribution in [1.29, 1.82) is 0 Å². The standard InChI is InChI=1S/C28H30N2O/c1-2-26(30-20-12-5-13-21-30)27-29-25-19-11-10-18-24(25)28(31-27,22-14-6-3-7-15-22)23-16-8-4-9-17-23/h3-4,6-11,14-19,26H,2,5,12-13,20-21H2,1H3. The topological polar surface area (TPSA) is 24.8 Å². The Morgan fingerprint density at radius 3 is 2.00 bits per heavy atom. The van der Waals surface area contributed by atoms with E-state index in [1.807, 2.05) is 0 Å². The molecule has 0 amide bonds. The highest BCUT2D eigenvalue weighted by Crippen LogP contribution is 2.47. The Balaban J connectivity index is 1.71. The second-order valence-corrected chi connectivity index (χ2v) is 8.50. The molecule has 0 spiro atoms. The molecule has 2 aliphatic heterocycles. The van der Waals surface area contributed by atoms with Crippen molar-refractivity contribution in [3.05, 3.63) is 102 Å². The van der Waals surface area contributed by atoms with Gasteiger partial charge in [-0.1, -0.05) is 92.2 Å². The van der Waals surface area contributed by atoms with Crippen molar-refractivity contribution in [1.82, 2.24) is 4.90 Å². The molecule has 3 nitrogen and oxygen atoms in total. The molecule has 158 valence electrons. The third kappa shape index (κ3) is 3.57. The zero-order valence-electron chi connectivity index (χ0n) is 18.2. The van der Waals surface area contributed by atoms with E-state index in [0.717, 1.165) is 47.8 Å². The van der Waals surface area contributed by atoms with E-state index in [4.69, 9.17) is 9.73 Å². The van der Waals surface area contributed by atoms with Crippen molar-refractivity contribution < 1.29 is 4.74 Å². The lowest BCUT2D eigenvalue weighted by Gasteiger charge is -2.43. The Bertz CT molecular complexity index is 999. The maximum Gasteiger partial charge on any atom is 0.208 e. The first kappa shape index (κ1) is 20.0. The van der Waals surface area contributed by atoms with Gasteiger partial charge in [-0.3, -0.25) is 4.90 Å². The van der Waals surface area contributed by atoms with Crippen molar-refractivity contribution >= 4 is 11.6 Å². The van der Waals surface area contributed by atoms with E-state index in [2.05, 4.69) is 96.8 Å². The van der Waals surface area contributed by atoms with Gasteiger partial charge in [0, 0.05) is 16.7 Å². The number of nitrogens with zero attached hydrogens (tertiary/aromatic N) is 2. The Kier molecular flexibility index (Phi) is 5.61. The summed E-state index contributed by atoms with van der Waals surface area (Å²) in [6.45, 7) is 4.48. The predicted molar refractivity (Wildman–Crippen MR) is 127 cm³/mol. The maximum absolute atomic E-state index is 7.09. The monoisotopic (exact) mass is 410 g/mol. The maximum atomic E-state index is 7.09. The molecule has 0 aromatic heterocycles. The van der Waals surface area contributed by atoms with E-state index < -0.39 is 5.60 Å². The van der Waals surface area contributed by atoms with E-state index in [9.17, 15) is 0 Å². The predicted octanol–water partition coefficient (Wildman–Crippen LogP) is 6.30. The van der Waals surface area contributed by atoms with Gasteiger partial charge in [0.05, 0.1) is 11.7 Å². The highest BCUT2D eigenvalue weighted by molar-refractivity contribution is 5.88. The molecular weight excluding hydrogens is 380 g/mol. The van der Waals surface area contributed by atoms with Crippen LogP contribution < -0.4 is 0 Å². The molecule has 0 aliphatic carbocycles. The highest BCUT2D eigenvalue weighted by atomic mass is 16.5. The average Bonchev–Trinajstić information content (AvgIpc) is 2.86. The summed E-state index contributed by atoms with van der Waals surface area (Å²) in [6, 6.07) is 29.9. The van der Waals surface area contributed by atoms with Crippen LogP contribution in [-0.2, 0) is 10.3 Å². The fraction of sp³-hybridized carbons (Fsp3) is 0.321. The quantitative estimate of drug-likeness (QED) is 0.493. The normalized spacial score (nSPS) is 19.1. The van der Waals surface area contributed by atoms with Crippen LogP contribution in [-0.4, -0.2) is 29.9 Å². The highest BCUT2D eigenvalue weighted by Gasteiger charge is 2.45. The van der Waals surface area contributed by atoms with Crippen LogP contribution in [0.4, 0.5) is 5.69 Å². The Morgan fingerprint density at radius 1 is 0.806 bits per heavy atom. The van der Waals surface area contributed by atoms with Crippen molar-refractivity contribution in [2.45, 2.75) is 44.2 Å².